The van der Waals surface area contributed by atoms with Crippen LogP contribution in [0.5, 0.6) is 11.5 Å². The van der Waals surface area contributed by atoms with Crippen LogP contribution in [0.15, 0.2) is 12.1 Å². The molecule has 2 atom stereocenters. The van der Waals surface area contributed by atoms with Crippen LogP contribution >= 0.6 is 15.9 Å². The second kappa shape index (κ2) is 7.47. The lowest BCUT2D eigenvalue weighted by molar-refractivity contribution is 0.0162. The quantitative estimate of drug-likeness (QED) is 0.647. The number of methoxy groups -OCH3 is 2. The van der Waals surface area contributed by atoms with Crippen molar-refractivity contribution in [2.45, 2.75) is 18.6 Å². The third kappa shape index (κ3) is 3.62. The smallest absolute Gasteiger partial charge is 0.336 e. The number of halogens is 1. The van der Waals surface area contributed by atoms with E-state index in [9.17, 15) is 20.1 Å². The van der Waals surface area contributed by atoms with Crippen molar-refractivity contribution in [2.75, 3.05) is 19.5 Å². The summed E-state index contributed by atoms with van der Waals surface area (Å²) in [6.45, 7) is 0. The Labute approximate surface area is 125 Å². The molecule has 1 rings (SSSR count). The molecule has 0 radical (unpaired) electrons. The first-order valence-corrected chi connectivity index (χ1v) is 6.99. The molecule has 2 unspecified atom stereocenters. The van der Waals surface area contributed by atoms with E-state index in [2.05, 4.69) is 15.9 Å². The Morgan fingerprint density at radius 1 is 1.25 bits per heavy atom. The number of ether oxygens (including phenoxy) is 2. The third-order valence-corrected chi connectivity index (χ3v) is 3.33. The van der Waals surface area contributed by atoms with E-state index in [1.165, 1.54) is 26.4 Å². The van der Waals surface area contributed by atoms with Gasteiger partial charge in [0.2, 0.25) is 0 Å². The second-order valence-corrected chi connectivity index (χ2v) is 4.88. The second-order valence-electron chi connectivity index (χ2n) is 4.09. The Morgan fingerprint density at radius 2 is 1.80 bits per heavy atom. The monoisotopic (exact) mass is 348 g/mol. The van der Waals surface area contributed by atoms with E-state index >= 15 is 0 Å². The van der Waals surface area contributed by atoms with E-state index in [-0.39, 0.29) is 29.0 Å². The first kappa shape index (κ1) is 16.7. The summed E-state index contributed by atoms with van der Waals surface area (Å²) in [6, 6.07) is 2.63. The number of alkyl halides is 1. The van der Waals surface area contributed by atoms with Crippen LogP contribution in [-0.4, -0.2) is 46.9 Å². The molecule has 0 saturated carbocycles. The van der Waals surface area contributed by atoms with E-state index in [4.69, 9.17) is 9.47 Å². The number of carbonyl (C=O) groups is 1. The van der Waals surface area contributed by atoms with Crippen LogP contribution in [0.1, 0.15) is 28.4 Å². The standard InChI is InChI=1S/C13H17BrO6/c1-19-10-5-7(12(16)9(15)3-4-14)8(13(17)18)6-11(10)20-2/h5-6,9,12,15-16H,3-4H2,1-2H3,(H,17,18). The maximum absolute atomic E-state index is 11.3. The number of hydrogen-bond acceptors (Lipinski definition) is 5. The lowest BCUT2D eigenvalue weighted by atomic mass is 9.96. The zero-order valence-corrected chi connectivity index (χ0v) is 12.8. The normalized spacial score (nSPS) is 13.7. The fourth-order valence-corrected chi connectivity index (χ4v) is 2.27. The van der Waals surface area contributed by atoms with Gasteiger partial charge in [-0.1, -0.05) is 15.9 Å². The van der Waals surface area contributed by atoms with Gasteiger partial charge in [-0.25, -0.2) is 4.79 Å². The minimum atomic E-state index is -1.32. The average Bonchev–Trinajstić information content (AvgIpc) is 2.44. The van der Waals surface area contributed by atoms with Gasteiger partial charge < -0.3 is 24.8 Å². The van der Waals surface area contributed by atoms with Crippen molar-refractivity contribution in [3.8, 4) is 11.5 Å². The summed E-state index contributed by atoms with van der Waals surface area (Å²) < 4.78 is 10.1. The van der Waals surface area contributed by atoms with Gasteiger partial charge in [-0.15, -0.1) is 0 Å². The van der Waals surface area contributed by atoms with Gasteiger partial charge in [0.15, 0.2) is 11.5 Å². The zero-order valence-electron chi connectivity index (χ0n) is 11.2. The Hall–Kier alpha value is -1.31. The molecule has 0 aliphatic heterocycles. The van der Waals surface area contributed by atoms with Crippen molar-refractivity contribution >= 4 is 21.9 Å². The van der Waals surface area contributed by atoms with Crippen molar-refractivity contribution in [1.82, 2.24) is 0 Å². The summed E-state index contributed by atoms with van der Waals surface area (Å²) in [6.07, 6.45) is -2.11. The van der Waals surface area contributed by atoms with E-state index in [1.807, 2.05) is 0 Å². The van der Waals surface area contributed by atoms with Crippen LogP contribution in [0.2, 0.25) is 0 Å². The first-order valence-electron chi connectivity index (χ1n) is 5.87. The van der Waals surface area contributed by atoms with Gasteiger partial charge in [-0.05, 0) is 18.6 Å². The molecule has 20 heavy (non-hydrogen) atoms. The molecule has 0 spiro atoms. The number of hydrogen-bond donors (Lipinski definition) is 3. The molecule has 3 N–H and O–H groups in total. The minimum Gasteiger partial charge on any atom is -0.493 e. The summed E-state index contributed by atoms with van der Waals surface area (Å²) in [5.41, 5.74) is -0.0487. The van der Waals surface area contributed by atoms with Gasteiger partial charge in [-0.3, -0.25) is 0 Å². The number of aliphatic hydroxyl groups excluding tert-OH is 2. The SMILES string of the molecule is COc1cc(C(=O)O)c(C(O)C(O)CCBr)cc1OC. The van der Waals surface area contributed by atoms with E-state index < -0.39 is 18.2 Å². The van der Waals surface area contributed by atoms with Gasteiger partial charge in [0.25, 0.3) is 0 Å². The van der Waals surface area contributed by atoms with Crippen LogP contribution in [0.3, 0.4) is 0 Å². The third-order valence-electron chi connectivity index (χ3n) is 2.87. The van der Waals surface area contributed by atoms with Gasteiger partial charge in [-0.2, -0.15) is 0 Å². The molecular weight excluding hydrogens is 332 g/mol. The van der Waals surface area contributed by atoms with Crippen molar-refractivity contribution in [3.05, 3.63) is 23.3 Å². The Balaban J connectivity index is 3.31. The molecule has 1 aromatic carbocycles. The average molecular weight is 349 g/mol. The molecular formula is C13H17BrO6. The summed E-state index contributed by atoms with van der Waals surface area (Å²) in [4.78, 5) is 11.3. The van der Waals surface area contributed by atoms with Gasteiger partial charge in [0.1, 0.15) is 6.10 Å². The Morgan fingerprint density at radius 3 is 2.25 bits per heavy atom. The molecule has 112 valence electrons. The summed E-state index contributed by atoms with van der Waals surface area (Å²) in [7, 11) is 2.79. The van der Waals surface area contributed by atoms with Crippen LogP contribution in [0.4, 0.5) is 0 Å². The topological polar surface area (TPSA) is 96.2 Å². The molecule has 0 saturated heterocycles. The molecule has 1 aromatic rings. The molecule has 7 heteroatoms. The van der Waals surface area contributed by atoms with Crippen molar-refractivity contribution < 1.29 is 29.6 Å². The number of carboxylic acids is 1. The molecule has 0 amide bonds. The number of carboxylic acid groups (broad SMARTS) is 1. The molecule has 0 fully saturated rings. The Bertz CT molecular complexity index is 476. The molecule has 0 aliphatic rings. The van der Waals surface area contributed by atoms with Crippen LogP contribution in [0.25, 0.3) is 0 Å². The van der Waals surface area contributed by atoms with Crippen LogP contribution < -0.4 is 9.47 Å². The zero-order chi connectivity index (χ0) is 15.3. The van der Waals surface area contributed by atoms with E-state index in [0.717, 1.165) is 0 Å². The van der Waals surface area contributed by atoms with Crippen molar-refractivity contribution in [2.24, 2.45) is 0 Å². The molecule has 0 aromatic heterocycles. The van der Waals surface area contributed by atoms with Crippen molar-refractivity contribution in [3.63, 3.8) is 0 Å². The van der Waals surface area contributed by atoms with Gasteiger partial charge >= 0.3 is 5.97 Å². The van der Waals surface area contributed by atoms with Crippen LogP contribution in [0, 0.1) is 0 Å². The van der Waals surface area contributed by atoms with Gasteiger partial charge in [0.05, 0.1) is 25.9 Å². The predicted molar refractivity (Wildman–Crippen MR) is 75.9 cm³/mol. The van der Waals surface area contributed by atoms with Crippen LogP contribution in [-0.2, 0) is 0 Å². The maximum atomic E-state index is 11.3. The first-order chi connectivity index (χ1) is 9.46. The van der Waals surface area contributed by atoms with Gasteiger partial charge in [0, 0.05) is 10.9 Å². The minimum absolute atomic E-state index is 0.0867. The lowest BCUT2D eigenvalue weighted by Crippen LogP contribution is -2.21. The summed E-state index contributed by atoms with van der Waals surface area (Å²) >= 11 is 3.16. The number of aliphatic hydroxyl groups is 2. The van der Waals surface area contributed by atoms with Crippen molar-refractivity contribution in [1.29, 1.82) is 0 Å². The highest BCUT2D eigenvalue weighted by Crippen LogP contribution is 2.34. The lowest BCUT2D eigenvalue weighted by Gasteiger charge is -2.20. The summed E-state index contributed by atoms with van der Waals surface area (Å²) in [5, 5.41) is 29.6. The molecule has 0 aliphatic carbocycles. The fourth-order valence-electron chi connectivity index (χ4n) is 1.80. The highest BCUT2D eigenvalue weighted by atomic mass is 79.9. The molecule has 0 heterocycles. The molecule has 0 bridgehead atoms. The number of rotatable bonds is 7. The molecule has 6 nitrogen and oxygen atoms in total. The van der Waals surface area contributed by atoms with E-state index in [0.29, 0.717) is 5.33 Å². The number of aromatic carboxylic acids is 1. The number of benzene rings is 1. The highest BCUT2D eigenvalue weighted by molar-refractivity contribution is 9.09. The van der Waals surface area contributed by atoms with E-state index in [1.54, 1.807) is 0 Å². The maximum Gasteiger partial charge on any atom is 0.336 e. The predicted octanol–water partition coefficient (Wildman–Crippen LogP) is 1.58. The largest absolute Gasteiger partial charge is 0.493 e. The fraction of sp³-hybridized carbons (Fsp3) is 0.462. The Kier molecular flexibility index (Phi) is 6.25. The summed E-state index contributed by atoms with van der Waals surface area (Å²) in [5.74, 6) is -0.681. The highest BCUT2D eigenvalue weighted by Gasteiger charge is 2.25.